The van der Waals surface area contributed by atoms with Crippen LogP contribution < -0.4 is 10.6 Å². The van der Waals surface area contributed by atoms with E-state index in [1.165, 1.54) is 14.0 Å². The number of rotatable bonds is 2. The molecular weight excluding hydrogens is 208 g/mol. The third-order valence-corrected chi connectivity index (χ3v) is 1.98. The standard InChI is InChI=1S/C11H14N2O3/c1-7-4-5-9(12-8(2)14)6-10(7)13-11(15)16-3/h4-6H,1-3H3,(H,12,14)(H,13,15). The first-order chi connectivity index (χ1) is 7.52. The van der Waals surface area contributed by atoms with Crippen molar-refractivity contribution in [3.63, 3.8) is 0 Å². The van der Waals surface area contributed by atoms with Gasteiger partial charge in [0.2, 0.25) is 5.91 Å². The van der Waals surface area contributed by atoms with Gasteiger partial charge in [0.05, 0.1) is 7.11 Å². The fourth-order valence-electron chi connectivity index (χ4n) is 1.20. The van der Waals surface area contributed by atoms with Crippen LogP contribution in [0.1, 0.15) is 12.5 Å². The topological polar surface area (TPSA) is 67.4 Å². The Labute approximate surface area is 93.8 Å². The van der Waals surface area contributed by atoms with Crippen molar-refractivity contribution in [1.82, 2.24) is 0 Å². The van der Waals surface area contributed by atoms with Crippen molar-refractivity contribution in [2.45, 2.75) is 13.8 Å². The second-order valence-corrected chi connectivity index (χ2v) is 3.33. The molecule has 0 saturated heterocycles. The molecule has 2 N–H and O–H groups in total. The van der Waals surface area contributed by atoms with Crippen LogP contribution in [-0.4, -0.2) is 19.1 Å². The first kappa shape index (κ1) is 12.0. The lowest BCUT2D eigenvalue weighted by molar-refractivity contribution is -0.114. The molecule has 1 rings (SSSR count). The van der Waals surface area contributed by atoms with E-state index in [-0.39, 0.29) is 5.91 Å². The fourth-order valence-corrected chi connectivity index (χ4v) is 1.20. The van der Waals surface area contributed by atoms with Crippen LogP contribution in [0.3, 0.4) is 0 Å². The second-order valence-electron chi connectivity index (χ2n) is 3.33. The van der Waals surface area contributed by atoms with Crippen LogP contribution in [0.2, 0.25) is 0 Å². The van der Waals surface area contributed by atoms with Gasteiger partial charge in [-0.1, -0.05) is 6.07 Å². The van der Waals surface area contributed by atoms with Crippen LogP contribution in [-0.2, 0) is 9.53 Å². The van der Waals surface area contributed by atoms with Gasteiger partial charge in [0.1, 0.15) is 0 Å². The predicted molar refractivity (Wildman–Crippen MR) is 61.5 cm³/mol. The van der Waals surface area contributed by atoms with Crippen LogP contribution >= 0.6 is 0 Å². The Hall–Kier alpha value is -2.04. The van der Waals surface area contributed by atoms with Gasteiger partial charge >= 0.3 is 6.09 Å². The molecule has 16 heavy (non-hydrogen) atoms. The van der Waals surface area contributed by atoms with E-state index in [1.54, 1.807) is 18.2 Å². The van der Waals surface area contributed by atoms with Crippen LogP contribution in [0.5, 0.6) is 0 Å². The van der Waals surface area contributed by atoms with E-state index in [0.717, 1.165) is 5.56 Å². The van der Waals surface area contributed by atoms with Gasteiger partial charge in [0, 0.05) is 18.3 Å². The third-order valence-electron chi connectivity index (χ3n) is 1.98. The van der Waals surface area contributed by atoms with Crippen molar-refractivity contribution >= 4 is 23.4 Å². The van der Waals surface area contributed by atoms with Crippen molar-refractivity contribution in [2.24, 2.45) is 0 Å². The van der Waals surface area contributed by atoms with E-state index in [0.29, 0.717) is 11.4 Å². The van der Waals surface area contributed by atoms with Crippen LogP contribution in [0.15, 0.2) is 18.2 Å². The first-order valence-corrected chi connectivity index (χ1v) is 4.76. The molecule has 0 aliphatic heterocycles. The summed E-state index contributed by atoms with van der Waals surface area (Å²) < 4.78 is 4.49. The van der Waals surface area contributed by atoms with E-state index in [4.69, 9.17) is 0 Å². The molecule has 0 aliphatic rings. The van der Waals surface area contributed by atoms with Crippen molar-refractivity contribution < 1.29 is 14.3 Å². The lowest BCUT2D eigenvalue weighted by atomic mass is 10.2. The number of ether oxygens (including phenoxy) is 1. The van der Waals surface area contributed by atoms with Crippen molar-refractivity contribution in [2.75, 3.05) is 17.7 Å². The minimum absolute atomic E-state index is 0.159. The molecule has 5 heteroatoms. The number of carbonyl (C=O) groups is 2. The average molecular weight is 222 g/mol. The number of methoxy groups -OCH3 is 1. The summed E-state index contributed by atoms with van der Waals surface area (Å²) in [6, 6.07) is 5.24. The summed E-state index contributed by atoms with van der Waals surface area (Å²) >= 11 is 0. The smallest absolute Gasteiger partial charge is 0.411 e. The molecule has 86 valence electrons. The molecule has 5 nitrogen and oxygen atoms in total. The summed E-state index contributed by atoms with van der Waals surface area (Å²) in [6.07, 6.45) is -0.539. The van der Waals surface area contributed by atoms with E-state index >= 15 is 0 Å². The van der Waals surface area contributed by atoms with Crippen molar-refractivity contribution in [1.29, 1.82) is 0 Å². The Balaban J connectivity index is 2.90. The molecule has 0 heterocycles. The summed E-state index contributed by atoms with van der Waals surface area (Å²) in [7, 11) is 1.29. The Morgan fingerprint density at radius 2 is 1.94 bits per heavy atom. The summed E-state index contributed by atoms with van der Waals surface area (Å²) in [5, 5.41) is 5.19. The normalized spacial score (nSPS) is 9.44. The maximum absolute atomic E-state index is 11.0. The predicted octanol–water partition coefficient (Wildman–Crippen LogP) is 2.13. The highest BCUT2D eigenvalue weighted by molar-refractivity contribution is 5.91. The number of amides is 2. The molecule has 0 unspecified atom stereocenters. The molecule has 0 aliphatic carbocycles. The van der Waals surface area contributed by atoms with Crippen LogP contribution in [0, 0.1) is 6.92 Å². The van der Waals surface area contributed by atoms with Crippen LogP contribution in [0.4, 0.5) is 16.2 Å². The van der Waals surface area contributed by atoms with Gasteiger partial charge in [-0.15, -0.1) is 0 Å². The molecule has 0 spiro atoms. The molecule has 1 aromatic carbocycles. The fraction of sp³-hybridized carbons (Fsp3) is 0.273. The quantitative estimate of drug-likeness (QED) is 0.805. The highest BCUT2D eigenvalue weighted by atomic mass is 16.5. The van der Waals surface area contributed by atoms with E-state index < -0.39 is 6.09 Å². The van der Waals surface area contributed by atoms with E-state index in [9.17, 15) is 9.59 Å². The molecular formula is C11H14N2O3. The van der Waals surface area contributed by atoms with Crippen LogP contribution in [0.25, 0.3) is 0 Å². The Morgan fingerprint density at radius 3 is 2.50 bits per heavy atom. The summed E-state index contributed by atoms with van der Waals surface area (Å²) in [6.45, 7) is 3.27. The maximum atomic E-state index is 11.0. The maximum Gasteiger partial charge on any atom is 0.411 e. The lowest BCUT2D eigenvalue weighted by Crippen LogP contribution is -2.12. The minimum Gasteiger partial charge on any atom is -0.453 e. The number of hydrogen-bond acceptors (Lipinski definition) is 3. The SMILES string of the molecule is COC(=O)Nc1cc(NC(C)=O)ccc1C. The molecule has 1 aromatic rings. The number of benzene rings is 1. The van der Waals surface area contributed by atoms with Crippen molar-refractivity contribution in [3.8, 4) is 0 Å². The molecule has 0 bridgehead atoms. The molecule has 2 amide bonds. The molecule has 0 aromatic heterocycles. The van der Waals surface area contributed by atoms with E-state index in [1.807, 2.05) is 6.92 Å². The van der Waals surface area contributed by atoms with Gasteiger partial charge in [-0.3, -0.25) is 10.1 Å². The lowest BCUT2D eigenvalue weighted by Gasteiger charge is -2.09. The second kappa shape index (κ2) is 5.16. The van der Waals surface area contributed by atoms with Gasteiger partial charge in [-0.25, -0.2) is 4.79 Å². The number of nitrogens with one attached hydrogen (secondary N) is 2. The number of anilines is 2. The zero-order valence-corrected chi connectivity index (χ0v) is 9.46. The number of carbonyl (C=O) groups excluding carboxylic acids is 2. The third kappa shape index (κ3) is 3.27. The molecule has 0 atom stereocenters. The minimum atomic E-state index is -0.539. The Morgan fingerprint density at radius 1 is 1.25 bits per heavy atom. The molecule has 0 fully saturated rings. The Bertz CT molecular complexity index is 416. The summed E-state index contributed by atoms with van der Waals surface area (Å²) in [5.41, 5.74) is 2.13. The number of aryl methyl sites for hydroxylation is 1. The molecule has 0 saturated carbocycles. The average Bonchev–Trinajstić information content (AvgIpc) is 2.22. The monoisotopic (exact) mass is 222 g/mol. The number of hydrogen-bond donors (Lipinski definition) is 2. The zero-order valence-electron chi connectivity index (χ0n) is 9.46. The van der Waals surface area contributed by atoms with Gasteiger partial charge < -0.3 is 10.1 Å². The van der Waals surface area contributed by atoms with Gasteiger partial charge in [0.25, 0.3) is 0 Å². The van der Waals surface area contributed by atoms with Gasteiger partial charge in [0.15, 0.2) is 0 Å². The highest BCUT2D eigenvalue weighted by Crippen LogP contribution is 2.20. The van der Waals surface area contributed by atoms with Crippen molar-refractivity contribution in [3.05, 3.63) is 23.8 Å². The highest BCUT2D eigenvalue weighted by Gasteiger charge is 2.05. The van der Waals surface area contributed by atoms with E-state index in [2.05, 4.69) is 15.4 Å². The summed E-state index contributed by atoms with van der Waals surface area (Å²) in [5.74, 6) is -0.159. The first-order valence-electron chi connectivity index (χ1n) is 4.76. The Kier molecular flexibility index (Phi) is 3.88. The zero-order chi connectivity index (χ0) is 12.1. The van der Waals surface area contributed by atoms with Gasteiger partial charge in [-0.05, 0) is 24.6 Å². The largest absolute Gasteiger partial charge is 0.453 e. The molecule has 0 radical (unpaired) electrons. The van der Waals surface area contributed by atoms with Gasteiger partial charge in [-0.2, -0.15) is 0 Å². The summed E-state index contributed by atoms with van der Waals surface area (Å²) in [4.78, 5) is 21.9.